The molecule has 0 aliphatic carbocycles. The van der Waals surface area contributed by atoms with E-state index < -0.39 is 5.41 Å². The molecule has 0 bridgehead atoms. The number of rotatable bonds is 9. The number of carbonyl (C=O) groups excluding carboxylic acids is 1. The van der Waals surface area contributed by atoms with E-state index in [1.807, 2.05) is 39.8 Å². The molecule has 156 valence electrons. The summed E-state index contributed by atoms with van der Waals surface area (Å²) in [5, 5.41) is 12.5. The zero-order chi connectivity index (χ0) is 21.4. The van der Waals surface area contributed by atoms with Crippen LogP contribution in [0.25, 0.3) is 0 Å². The van der Waals surface area contributed by atoms with Crippen molar-refractivity contribution in [3.8, 4) is 5.75 Å². The summed E-state index contributed by atoms with van der Waals surface area (Å²) >= 11 is 1.11. The van der Waals surface area contributed by atoms with Crippen LogP contribution in [-0.2, 0) is 4.79 Å². The Morgan fingerprint density at radius 1 is 1.17 bits per heavy atom. The van der Waals surface area contributed by atoms with Crippen LogP contribution in [0.1, 0.15) is 43.4 Å². The molecule has 6 heteroatoms. The lowest BCUT2D eigenvalue weighted by Crippen LogP contribution is -2.23. The third-order valence-electron chi connectivity index (χ3n) is 4.74. The Hall–Kier alpha value is -2.34. The fraction of sp³-hybridized carbons (Fsp3) is 0.391. The average Bonchev–Trinajstić information content (AvgIpc) is 2.69. The molecule has 2 aromatic carbocycles. The van der Waals surface area contributed by atoms with Gasteiger partial charge in [0.25, 0.3) is 0 Å². The minimum atomic E-state index is -0.529. The van der Waals surface area contributed by atoms with Gasteiger partial charge < -0.3 is 9.94 Å². The first-order chi connectivity index (χ1) is 13.7. The molecule has 0 aliphatic rings. The highest BCUT2D eigenvalue weighted by Gasteiger charge is 2.28. The lowest BCUT2D eigenvalue weighted by atomic mass is 9.89. The number of halogens is 1. The highest BCUT2D eigenvalue weighted by atomic mass is 32.2. The van der Waals surface area contributed by atoms with Gasteiger partial charge in [0, 0.05) is 16.7 Å². The molecular formula is C23H28FNO3S. The van der Waals surface area contributed by atoms with Crippen LogP contribution in [-0.4, -0.2) is 28.4 Å². The number of hydrogen-bond donors (Lipinski definition) is 1. The Kier molecular flexibility index (Phi) is 8.26. The molecule has 2 rings (SSSR count). The highest BCUT2D eigenvalue weighted by Crippen LogP contribution is 2.30. The number of nitrogens with zero attached hydrogens (tertiary/aromatic N) is 1. The molecule has 0 radical (unpaired) electrons. The van der Waals surface area contributed by atoms with E-state index in [1.54, 1.807) is 0 Å². The maximum atomic E-state index is 13.1. The highest BCUT2D eigenvalue weighted by molar-refractivity contribution is 8.14. The molecule has 0 amide bonds. The molecule has 0 heterocycles. The first-order valence-corrected chi connectivity index (χ1v) is 10.6. The Bertz CT molecular complexity index is 863. The minimum absolute atomic E-state index is 0.0208. The molecule has 0 saturated carbocycles. The van der Waals surface area contributed by atoms with Gasteiger partial charge in [0.15, 0.2) is 5.12 Å². The molecule has 0 saturated heterocycles. The van der Waals surface area contributed by atoms with E-state index in [-0.39, 0.29) is 16.7 Å². The van der Waals surface area contributed by atoms with Gasteiger partial charge >= 0.3 is 0 Å². The molecular weight excluding hydrogens is 389 g/mol. The summed E-state index contributed by atoms with van der Waals surface area (Å²) < 4.78 is 18.9. The molecule has 0 aliphatic heterocycles. The van der Waals surface area contributed by atoms with Gasteiger partial charge in [-0.05, 0) is 56.0 Å². The number of carbonyl (C=O) groups is 1. The number of aryl methyl sites for hydroxylation is 2. The number of hydrogen-bond acceptors (Lipinski definition) is 5. The Balaban J connectivity index is 1.82. The molecule has 0 fully saturated rings. The Morgan fingerprint density at radius 2 is 1.86 bits per heavy atom. The van der Waals surface area contributed by atoms with E-state index in [1.165, 1.54) is 24.3 Å². The zero-order valence-electron chi connectivity index (χ0n) is 17.4. The van der Waals surface area contributed by atoms with Crippen molar-refractivity contribution in [2.75, 3.05) is 12.4 Å². The Morgan fingerprint density at radius 3 is 2.52 bits per heavy atom. The van der Waals surface area contributed by atoms with Crippen molar-refractivity contribution in [1.29, 1.82) is 0 Å². The number of benzene rings is 2. The van der Waals surface area contributed by atoms with E-state index in [4.69, 9.17) is 4.74 Å². The standard InChI is InChI=1S/C23H28FNO3S/c1-16-6-7-17(2)21(14-16)28-13-5-12-23(3,4)22(26)29-15-20(25-27)18-8-10-19(24)11-9-18/h6-11,14,27H,5,12-13,15H2,1-4H3/b25-20-. The maximum absolute atomic E-state index is 13.1. The molecule has 0 aromatic heterocycles. The predicted octanol–water partition coefficient (Wildman–Crippen LogP) is 5.77. The monoisotopic (exact) mass is 417 g/mol. The second kappa shape index (κ2) is 10.4. The predicted molar refractivity (Wildman–Crippen MR) is 117 cm³/mol. The normalized spacial score (nSPS) is 12.1. The van der Waals surface area contributed by atoms with Crippen molar-refractivity contribution in [3.05, 3.63) is 65.0 Å². The van der Waals surface area contributed by atoms with E-state index in [0.717, 1.165) is 35.1 Å². The van der Waals surface area contributed by atoms with Gasteiger partial charge in [-0.2, -0.15) is 0 Å². The molecule has 0 atom stereocenters. The third kappa shape index (κ3) is 6.89. The van der Waals surface area contributed by atoms with Gasteiger partial charge in [0.2, 0.25) is 0 Å². The fourth-order valence-corrected chi connectivity index (χ4v) is 3.79. The summed E-state index contributed by atoms with van der Waals surface area (Å²) in [6.07, 6.45) is 1.44. The topological polar surface area (TPSA) is 58.9 Å². The second-order valence-electron chi connectivity index (χ2n) is 7.73. The van der Waals surface area contributed by atoms with Crippen LogP contribution in [0.15, 0.2) is 47.6 Å². The van der Waals surface area contributed by atoms with Crippen molar-refractivity contribution in [2.24, 2.45) is 10.6 Å². The quantitative estimate of drug-likeness (QED) is 0.244. The summed E-state index contributed by atoms with van der Waals surface area (Å²) in [4.78, 5) is 12.7. The third-order valence-corrected chi connectivity index (χ3v) is 5.97. The maximum Gasteiger partial charge on any atom is 0.194 e. The summed E-state index contributed by atoms with van der Waals surface area (Å²) in [6.45, 7) is 8.41. The van der Waals surface area contributed by atoms with Gasteiger partial charge in [0.1, 0.15) is 11.6 Å². The van der Waals surface area contributed by atoms with Crippen molar-refractivity contribution in [2.45, 2.75) is 40.5 Å². The summed E-state index contributed by atoms with van der Waals surface area (Å²) in [5.41, 5.74) is 2.66. The Labute approximate surface area is 176 Å². The fourth-order valence-electron chi connectivity index (χ4n) is 2.80. The summed E-state index contributed by atoms with van der Waals surface area (Å²) in [6, 6.07) is 11.8. The zero-order valence-corrected chi connectivity index (χ0v) is 18.2. The second-order valence-corrected chi connectivity index (χ2v) is 8.68. The SMILES string of the molecule is Cc1ccc(C)c(OCCCC(C)(C)C(=O)SC/C(=N/O)c2ccc(F)cc2)c1. The largest absolute Gasteiger partial charge is 0.493 e. The van der Waals surface area contributed by atoms with Crippen molar-refractivity contribution >= 4 is 22.6 Å². The number of oxime groups is 1. The first kappa shape index (κ1) is 22.9. The van der Waals surface area contributed by atoms with E-state index in [2.05, 4.69) is 11.2 Å². The molecule has 29 heavy (non-hydrogen) atoms. The van der Waals surface area contributed by atoms with Crippen LogP contribution in [0.5, 0.6) is 5.75 Å². The molecule has 2 aromatic rings. The molecule has 0 unspecified atom stereocenters. The lowest BCUT2D eigenvalue weighted by Gasteiger charge is -2.22. The van der Waals surface area contributed by atoms with E-state index >= 15 is 0 Å². The number of ether oxygens (including phenoxy) is 1. The van der Waals surface area contributed by atoms with Crippen molar-refractivity contribution in [1.82, 2.24) is 0 Å². The van der Waals surface area contributed by atoms with Gasteiger partial charge in [-0.25, -0.2) is 4.39 Å². The molecule has 0 spiro atoms. The van der Waals surface area contributed by atoms with Crippen LogP contribution in [0.4, 0.5) is 4.39 Å². The van der Waals surface area contributed by atoms with Crippen LogP contribution in [0.2, 0.25) is 0 Å². The summed E-state index contributed by atoms with van der Waals surface area (Å²) in [5.74, 6) is 0.745. The summed E-state index contributed by atoms with van der Waals surface area (Å²) in [7, 11) is 0. The smallest absolute Gasteiger partial charge is 0.194 e. The molecule has 1 N–H and O–H groups in total. The first-order valence-electron chi connectivity index (χ1n) is 9.57. The van der Waals surface area contributed by atoms with E-state index in [0.29, 0.717) is 24.3 Å². The van der Waals surface area contributed by atoms with Crippen molar-refractivity contribution < 1.29 is 19.1 Å². The van der Waals surface area contributed by atoms with Crippen LogP contribution < -0.4 is 4.74 Å². The van der Waals surface area contributed by atoms with Gasteiger partial charge in [-0.1, -0.05) is 55.0 Å². The lowest BCUT2D eigenvalue weighted by molar-refractivity contribution is -0.118. The van der Waals surface area contributed by atoms with Gasteiger partial charge in [-0.15, -0.1) is 0 Å². The van der Waals surface area contributed by atoms with Gasteiger partial charge in [-0.3, -0.25) is 4.79 Å². The minimum Gasteiger partial charge on any atom is -0.493 e. The number of thioether (sulfide) groups is 1. The van der Waals surface area contributed by atoms with Crippen LogP contribution in [0, 0.1) is 25.1 Å². The van der Waals surface area contributed by atoms with E-state index in [9.17, 15) is 14.4 Å². The van der Waals surface area contributed by atoms with Crippen molar-refractivity contribution in [3.63, 3.8) is 0 Å². The average molecular weight is 418 g/mol. The van der Waals surface area contributed by atoms with Gasteiger partial charge in [0.05, 0.1) is 12.3 Å². The van der Waals surface area contributed by atoms with Crippen LogP contribution >= 0.6 is 11.8 Å². The van der Waals surface area contributed by atoms with Crippen LogP contribution in [0.3, 0.4) is 0 Å². The molecule has 4 nitrogen and oxygen atoms in total.